The van der Waals surface area contributed by atoms with E-state index in [1.165, 1.54) is 6.26 Å². The van der Waals surface area contributed by atoms with E-state index in [0.29, 0.717) is 5.75 Å². The lowest BCUT2D eigenvalue weighted by molar-refractivity contribution is -0.146. The minimum Gasteiger partial charge on any atom is -0.479 e. The van der Waals surface area contributed by atoms with Crippen LogP contribution in [-0.4, -0.2) is 57.6 Å². The maximum absolute atomic E-state index is 11.0. The normalized spacial score (nSPS) is 13.9. The summed E-state index contributed by atoms with van der Waals surface area (Å²) < 4.78 is 10.6. The monoisotopic (exact) mass is 252 g/mol. The maximum atomic E-state index is 11.0. The van der Waals surface area contributed by atoms with E-state index in [4.69, 9.17) is 10.2 Å². The van der Waals surface area contributed by atoms with Crippen LogP contribution in [0.25, 0.3) is 0 Å². The molecule has 0 saturated carbocycles. The molecule has 0 fully saturated rings. The van der Waals surface area contributed by atoms with Gasteiger partial charge in [0.05, 0.1) is 0 Å². The van der Waals surface area contributed by atoms with Crippen molar-refractivity contribution in [1.82, 2.24) is 10.6 Å². The van der Waals surface area contributed by atoms with Crippen molar-refractivity contribution >= 4 is 22.8 Å². The molecule has 0 spiro atoms. The predicted octanol–water partition coefficient (Wildman–Crippen LogP) is -1.50. The lowest BCUT2D eigenvalue weighted by atomic mass is 10.2. The zero-order chi connectivity index (χ0) is 12.6. The van der Waals surface area contributed by atoms with E-state index in [0.717, 1.165) is 0 Å². The van der Waals surface area contributed by atoms with Crippen LogP contribution in [0, 0.1) is 0 Å². The molecule has 8 heteroatoms. The van der Waals surface area contributed by atoms with Gasteiger partial charge in [-0.1, -0.05) is 0 Å². The average Bonchev–Trinajstić information content (AvgIpc) is 2.16. The van der Waals surface area contributed by atoms with E-state index in [9.17, 15) is 13.8 Å². The van der Waals surface area contributed by atoms with Crippen molar-refractivity contribution in [3.05, 3.63) is 0 Å². The Morgan fingerprint density at radius 1 is 1.31 bits per heavy atom. The first-order valence-corrected chi connectivity index (χ1v) is 6.38. The Morgan fingerprint density at radius 2 is 1.88 bits per heavy atom. The first kappa shape index (κ1) is 14.8. The van der Waals surface area contributed by atoms with Crippen molar-refractivity contribution in [3.63, 3.8) is 0 Å². The highest BCUT2D eigenvalue weighted by Crippen LogP contribution is 1.88. The van der Waals surface area contributed by atoms with Crippen molar-refractivity contribution < 1.29 is 24.0 Å². The Balaban J connectivity index is 3.51. The average molecular weight is 252 g/mol. The summed E-state index contributed by atoms with van der Waals surface area (Å²) in [5.74, 6) is -0.950. The van der Waals surface area contributed by atoms with Gasteiger partial charge in [-0.05, 0) is 0 Å². The summed E-state index contributed by atoms with van der Waals surface area (Å²) in [5.41, 5.74) is 0. The van der Waals surface area contributed by atoms with Crippen LogP contribution in [0.3, 0.4) is 0 Å². The number of nitrogens with one attached hydrogen (secondary N) is 2. The van der Waals surface area contributed by atoms with Crippen molar-refractivity contribution in [1.29, 1.82) is 0 Å². The minimum absolute atomic E-state index is 0.0531. The Kier molecular flexibility index (Phi) is 7.48. The van der Waals surface area contributed by atoms with Crippen LogP contribution < -0.4 is 10.6 Å². The summed E-state index contributed by atoms with van der Waals surface area (Å²) >= 11 is 0. The van der Waals surface area contributed by atoms with Gasteiger partial charge >= 0.3 is 12.0 Å². The summed E-state index contributed by atoms with van der Waals surface area (Å²) in [5, 5.41) is 22.0. The Morgan fingerprint density at radius 3 is 2.38 bits per heavy atom. The summed E-state index contributed by atoms with van der Waals surface area (Å²) in [4.78, 5) is 21.2. The fourth-order valence-corrected chi connectivity index (χ4v) is 1.21. The van der Waals surface area contributed by atoms with Gasteiger partial charge in [0, 0.05) is 42.3 Å². The zero-order valence-corrected chi connectivity index (χ0v) is 9.75. The quantitative estimate of drug-likeness (QED) is 0.440. The fourth-order valence-electron chi connectivity index (χ4n) is 0.817. The van der Waals surface area contributed by atoms with Crippen LogP contribution >= 0.6 is 0 Å². The van der Waals surface area contributed by atoms with Gasteiger partial charge in [0.2, 0.25) is 0 Å². The molecular weight excluding hydrogens is 236 g/mol. The van der Waals surface area contributed by atoms with Crippen LogP contribution in [0.15, 0.2) is 0 Å². The molecule has 4 N–H and O–H groups in total. The summed E-state index contributed by atoms with van der Waals surface area (Å²) in [6.45, 7) is 0.352. The fraction of sp³-hybridized carbons (Fsp3) is 0.750. The van der Waals surface area contributed by atoms with Crippen LogP contribution in [-0.2, 0) is 15.6 Å². The van der Waals surface area contributed by atoms with Gasteiger partial charge in [-0.15, -0.1) is 0 Å². The van der Waals surface area contributed by atoms with Gasteiger partial charge in [0.15, 0.2) is 6.10 Å². The molecule has 2 unspecified atom stereocenters. The molecule has 0 saturated heterocycles. The Hall–Kier alpha value is -1.15. The topological polar surface area (TPSA) is 116 Å². The number of hydrogen-bond donors (Lipinski definition) is 4. The molecule has 0 aliphatic heterocycles. The number of aliphatic carboxylic acids is 1. The predicted molar refractivity (Wildman–Crippen MR) is 58.6 cm³/mol. The maximum Gasteiger partial charge on any atom is 0.332 e. The number of carbonyl (C=O) groups excluding carboxylic acids is 1. The molecule has 0 aliphatic rings. The van der Waals surface area contributed by atoms with E-state index < -0.39 is 28.9 Å². The second-order valence-electron chi connectivity index (χ2n) is 3.10. The second-order valence-corrected chi connectivity index (χ2v) is 4.66. The number of carboxylic acids is 1. The second kappa shape index (κ2) is 8.05. The van der Waals surface area contributed by atoms with Gasteiger partial charge in [0.25, 0.3) is 0 Å². The first-order chi connectivity index (χ1) is 7.43. The van der Waals surface area contributed by atoms with Crippen LogP contribution in [0.2, 0.25) is 0 Å². The lowest BCUT2D eigenvalue weighted by Crippen LogP contribution is -2.39. The number of urea groups is 1. The minimum atomic E-state index is -1.47. The molecule has 2 atom stereocenters. The van der Waals surface area contributed by atoms with Crippen molar-refractivity contribution in [2.75, 3.05) is 25.1 Å². The SMILES string of the molecule is CS(=O)CCNC(=O)NCCC(O)C(=O)O. The van der Waals surface area contributed by atoms with Gasteiger partial charge in [-0.2, -0.15) is 0 Å². The third-order valence-corrected chi connectivity index (χ3v) is 2.44. The zero-order valence-electron chi connectivity index (χ0n) is 8.93. The number of amides is 2. The third-order valence-electron chi connectivity index (χ3n) is 1.66. The number of aliphatic hydroxyl groups excluding tert-OH is 1. The van der Waals surface area contributed by atoms with E-state index in [-0.39, 0.29) is 19.5 Å². The van der Waals surface area contributed by atoms with Gasteiger partial charge in [-0.25, -0.2) is 9.59 Å². The molecule has 0 radical (unpaired) electrons. The molecule has 0 bridgehead atoms. The van der Waals surface area contributed by atoms with Gasteiger partial charge < -0.3 is 20.8 Å². The Bertz CT molecular complexity index is 271. The highest BCUT2D eigenvalue weighted by molar-refractivity contribution is 7.84. The molecule has 0 heterocycles. The van der Waals surface area contributed by atoms with Gasteiger partial charge in [0.1, 0.15) is 0 Å². The van der Waals surface area contributed by atoms with Crippen molar-refractivity contribution in [2.24, 2.45) is 0 Å². The molecule has 0 rings (SSSR count). The van der Waals surface area contributed by atoms with E-state index in [1.54, 1.807) is 0 Å². The Labute approximate surface area is 95.7 Å². The molecule has 0 aliphatic carbocycles. The van der Waals surface area contributed by atoms with Crippen molar-refractivity contribution in [3.8, 4) is 0 Å². The molecule has 0 aromatic rings. The lowest BCUT2D eigenvalue weighted by Gasteiger charge is -2.08. The van der Waals surface area contributed by atoms with Crippen molar-refractivity contribution in [2.45, 2.75) is 12.5 Å². The molecule has 7 nitrogen and oxygen atoms in total. The number of hydrogen-bond acceptors (Lipinski definition) is 4. The highest BCUT2D eigenvalue weighted by Gasteiger charge is 2.12. The van der Waals surface area contributed by atoms with Crippen LogP contribution in [0.4, 0.5) is 4.79 Å². The van der Waals surface area contributed by atoms with Crippen LogP contribution in [0.1, 0.15) is 6.42 Å². The molecule has 0 aromatic carbocycles. The van der Waals surface area contributed by atoms with E-state index >= 15 is 0 Å². The van der Waals surface area contributed by atoms with E-state index in [2.05, 4.69) is 10.6 Å². The standard InChI is InChI=1S/C8H16N2O5S/c1-16(15)5-4-10-8(14)9-3-2-6(11)7(12)13/h6,11H,2-5H2,1H3,(H,12,13)(H2,9,10,14). The van der Waals surface area contributed by atoms with E-state index in [1.807, 2.05) is 0 Å². The summed E-state index contributed by atoms with van der Waals surface area (Å²) in [7, 11) is -0.961. The summed E-state index contributed by atoms with van der Waals surface area (Å²) in [6.07, 6.45) is 0.00841. The number of rotatable bonds is 7. The molecular formula is C8H16N2O5S. The third kappa shape index (κ3) is 8.18. The molecule has 16 heavy (non-hydrogen) atoms. The molecule has 0 aromatic heterocycles. The highest BCUT2D eigenvalue weighted by atomic mass is 32.2. The first-order valence-electron chi connectivity index (χ1n) is 4.66. The smallest absolute Gasteiger partial charge is 0.332 e. The van der Waals surface area contributed by atoms with Gasteiger partial charge in [-0.3, -0.25) is 4.21 Å². The number of aliphatic hydroxyl groups is 1. The molecule has 94 valence electrons. The number of carboxylic acid groups (broad SMARTS) is 1. The summed E-state index contributed by atoms with van der Waals surface area (Å²) in [6, 6.07) is -0.469. The largest absolute Gasteiger partial charge is 0.479 e. The molecule has 2 amide bonds. The van der Waals surface area contributed by atoms with Crippen LogP contribution in [0.5, 0.6) is 0 Å². The number of carbonyl (C=O) groups is 2.